The lowest BCUT2D eigenvalue weighted by molar-refractivity contribution is -0.0679. The zero-order valence-electron chi connectivity index (χ0n) is 19.7. The highest BCUT2D eigenvalue weighted by Gasteiger charge is 2.21. The first-order valence-electron chi connectivity index (χ1n) is 11.7. The third-order valence-corrected chi connectivity index (χ3v) is 5.83. The standard InChI is InChI=1S/C24H40N4O3/c1-18-6-7-22(23(12-18)30-17-21-8-11-29-16-21)13-27-24(25-4)26-9-5-10-28-14-19(2)31-20(3)15-28/h6-7,12,19-21H,5,8-11,13-17H2,1-4H3,(H2,25,26,27). The van der Waals surface area contributed by atoms with E-state index in [4.69, 9.17) is 14.2 Å². The van der Waals surface area contributed by atoms with Crippen molar-refractivity contribution in [2.75, 3.05) is 53.0 Å². The molecule has 2 fully saturated rings. The van der Waals surface area contributed by atoms with Crippen LogP contribution in [-0.2, 0) is 16.0 Å². The summed E-state index contributed by atoms with van der Waals surface area (Å²) in [6.45, 7) is 13.4. The first-order valence-corrected chi connectivity index (χ1v) is 11.7. The maximum Gasteiger partial charge on any atom is 0.191 e. The van der Waals surface area contributed by atoms with Crippen LogP contribution in [0.1, 0.15) is 37.8 Å². The van der Waals surface area contributed by atoms with E-state index >= 15 is 0 Å². The molecular formula is C24H40N4O3. The molecule has 0 amide bonds. The van der Waals surface area contributed by atoms with Gasteiger partial charge in [0.15, 0.2) is 5.96 Å². The van der Waals surface area contributed by atoms with Crippen LogP contribution in [0.15, 0.2) is 23.2 Å². The van der Waals surface area contributed by atoms with Crippen LogP contribution in [0.3, 0.4) is 0 Å². The summed E-state index contributed by atoms with van der Waals surface area (Å²) in [5.41, 5.74) is 2.35. The fourth-order valence-electron chi connectivity index (χ4n) is 4.24. The Balaban J connectivity index is 1.41. The van der Waals surface area contributed by atoms with E-state index in [2.05, 4.69) is 59.5 Å². The highest BCUT2D eigenvalue weighted by molar-refractivity contribution is 5.79. The number of ether oxygens (including phenoxy) is 3. The van der Waals surface area contributed by atoms with Gasteiger partial charge in [0.25, 0.3) is 0 Å². The summed E-state index contributed by atoms with van der Waals surface area (Å²) in [6, 6.07) is 6.38. The summed E-state index contributed by atoms with van der Waals surface area (Å²) in [4.78, 5) is 6.86. The van der Waals surface area contributed by atoms with Gasteiger partial charge in [-0.3, -0.25) is 9.89 Å². The maximum atomic E-state index is 6.15. The molecule has 174 valence electrons. The molecule has 2 saturated heterocycles. The molecule has 3 rings (SSSR count). The molecule has 7 nitrogen and oxygen atoms in total. The minimum Gasteiger partial charge on any atom is -0.493 e. The Morgan fingerprint density at radius 1 is 1.23 bits per heavy atom. The Bertz CT molecular complexity index is 696. The van der Waals surface area contributed by atoms with Crippen molar-refractivity contribution in [2.45, 2.75) is 52.4 Å². The van der Waals surface area contributed by atoms with Gasteiger partial charge in [0.1, 0.15) is 5.75 Å². The van der Waals surface area contributed by atoms with Gasteiger partial charge in [-0.1, -0.05) is 12.1 Å². The van der Waals surface area contributed by atoms with Gasteiger partial charge in [-0.2, -0.15) is 0 Å². The van der Waals surface area contributed by atoms with E-state index in [0.29, 0.717) is 31.3 Å². The molecule has 3 unspecified atom stereocenters. The Labute approximate surface area is 187 Å². The SMILES string of the molecule is CN=C(NCCCN1CC(C)OC(C)C1)NCc1ccc(C)cc1OCC1CCOC1. The number of nitrogens with zero attached hydrogens (tertiary/aromatic N) is 2. The van der Waals surface area contributed by atoms with E-state index in [9.17, 15) is 0 Å². The minimum atomic E-state index is 0.318. The summed E-state index contributed by atoms with van der Waals surface area (Å²) in [5, 5.41) is 6.86. The van der Waals surface area contributed by atoms with Crippen LogP contribution in [-0.4, -0.2) is 76.1 Å². The molecule has 0 spiro atoms. The summed E-state index contributed by atoms with van der Waals surface area (Å²) < 4.78 is 17.4. The van der Waals surface area contributed by atoms with Crippen LogP contribution >= 0.6 is 0 Å². The van der Waals surface area contributed by atoms with Crippen LogP contribution in [0.2, 0.25) is 0 Å². The molecule has 2 aliphatic heterocycles. The molecule has 7 heteroatoms. The first kappa shape index (κ1) is 23.8. The van der Waals surface area contributed by atoms with Crippen molar-refractivity contribution < 1.29 is 14.2 Å². The number of hydrogen-bond donors (Lipinski definition) is 2. The number of rotatable bonds is 9. The number of morpholine rings is 1. The van der Waals surface area contributed by atoms with E-state index < -0.39 is 0 Å². The van der Waals surface area contributed by atoms with E-state index in [0.717, 1.165) is 69.5 Å². The molecule has 31 heavy (non-hydrogen) atoms. The normalized spacial score (nSPS) is 24.9. The fraction of sp³-hybridized carbons (Fsp3) is 0.708. The lowest BCUT2D eigenvalue weighted by Gasteiger charge is -2.35. The fourth-order valence-corrected chi connectivity index (χ4v) is 4.24. The van der Waals surface area contributed by atoms with Crippen LogP contribution in [0.4, 0.5) is 0 Å². The zero-order valence-corrected chi connectivity index (χ0v) is 19.7. The molecule has 1 aromatic rings. The smallest absolute Gasteiger partial charge is 0.191 e. The van der Waals surface area contributed by atoms with Crippen molar-refractivity contribution in [1.82, 2.24) is 15.5 Å². The van der Waals surface area contributed by atoms with Crippen molar-refractivity contribution >= 4 is 5.96 Å². The molecule has 0 saturated carbocycles. The number of benzene rings is 1. The van der Waals surface area contributed by atoms with Gasteiger partial charge in [0.2, 0.25) is 0 Å². The minimum absolute atomic E-state index is 0.318. The number of hydrogen-bond acceptors (Lipinski definition) is 5. The second-order valence-corrected chi connectivity index (χ2v) is 8.87. The second-order valence-electron chi connectivity index (χ2n) is 8.87. The first-order chi connectivity index (χ1) is 15.0. The maximum absolute atomic E-state index is 6.15. The quantitative estimate of drug-likeness (QED) is 0.355. The molecule has 1 aromatic carbocycles. The highest BCUT2D eigenvalue weighted by Crippen LogP contribution is 2.22. The van der Waals surface area contributed by atoms with E-state index in [1.165, 1.54) is 5.56 Å². The summed E-state index contributed by atoms with van der Waals surface area (Å²) in [6.07, 6.45) is 2.79. The van der Waals surface area contributed by atoms with Gasteiger partial charge in [0.05, 0.1) is 25.4 Å². The largest absolute Gasteiger partial charge is 0.493 e. The number of guanidine groups is 1. The molecule has 2 N–H and O–H groups in total. The van der Waals surface area contributed by atoms with E-state index in [1.807, 2.05) is 7.05 Å². The Morgan fingerprint density at radius 3 is 2.74 bits per heavy atom. The zero-order chi connectivity index (χ0) is 22.1. The molecule has 0 radical (unpaired) electrons. The van der Waals surface area contributed by atoms with Gasteiger partial charge in [-0.25, -0.2) is 0 Å². The van der Waals surface area contributed by atoms with Gasteiger partial charge >= 0.3 is 0 Å². The van der Waals surface area contributed by atoms with Gasteiger partial charge in [-0.05, 0) is 45.2 Å². The molecule has 0 aliphatic carbocycles. The van der Waals surface area contributed by atoms with E-state index in [1.54, 1.807) is 0 Å². The van der Waals surface area contributed by atoms with Crippen molar-refractivity contribution in [3.8, 4) is 5.75 Å². The van der Waals surface area contributed by atoms with Crippen molar-refractivity contribution in [1.29, 1.82) is 0 Å². The Hall–Kier alpha value is -1.83. The highest BCUT2D eigenvalue weighted by atomic mass is 16.5. The summed E-state index contributed by atoms with van der Waals surface area (Å²) in [7, 11) is 1.81. The molecule has 3 atom stereocenters. The predicted octanol–water partition coefficient (Wildman–Crippen LogP) is 2.57. The number of aliphatic imine (C=N–C) groups is 1. The van der Waals surface area contributed by atoms with Crippen LogP contribution in [0.25, 0.3) is 0 Å². The molecule has 2 aliphatic rings. The van der Waals surface area contributed by atoms with Crippen molar-refractivity contribution in [3.63, 3.8) is 0 Å². The monoisotopic (exact) mass is 432 g/mol. The van der Waals surface area contributed by atoms with E-state index in [-0.39, 0.29) is 0 Å². The lowest BCUT2D eigenvalue weighted by atomic mass is 10.1. The van der Waals surface area contributed by atoms with Crippen LogP contribution in [0.5, 0.6) is 5.75 Å². The summed E-state index contributed by atoms with van der Waals surface area (Å²) in [5.74, 6) is 2.26. The van der Waals surface area contributed by atoms with Gasteiger partial charge in [-0.15, -0.1) is 0 Å². The Kier molecular flexibility index (Phi) is 9.43. The van der Waals surface area contributed by atoms with Gasteiger partial charge < -0.3 is 24.8 Å². The Morgan fingerprint density at radius 2 is 2.03 bits per heavy atom. The molecular weight excluding hydrogens is 392 g/mol. The second kappa shape index (κ2) is 12.3. The van der Waals surface area contributed by atoms with Gasteiger partial charge in [0, 0.05) is 57.9 Å². The molecule has 2 heterocycles. The number of nitrogens with one attached hydrogen (secondary N) is 2. The average Bonchev–Trinajstić information content (AvgIpc) is 3.25. The van der Waals surface area contributed by atoms with Crippen LogP contribution < -0.4 is 15.4 Å². The topological polar surface area (TPSA) is 67.4 Å². The third kappa shape index (κ3) is 7.98. The van der Waals surface area contributed by atoms with Crippen molar-refractivity contribution in [3.05, 3.63) is 29.3 Å². The van der Waals surface area contributed by atoms with Crippen molar-refractivity contribution in [2.24, 2.45) is 10.9 Å². The predicted molar refractivity (Wildman–Crippen MR) is 125 cm³/mol. The third-order valence-electron chi connectivity index (χ3n) is 5.83. The number of aryl methyl sites for hydroxylation is 1. The summed E-state index contributed by atoms with van der Waals surface area (Å²) >= 11 is 0. The molecule has 0 bridgehead atoms. The van der Waals surface area contributed by atoms with Crippen LogP contribution in [0, 0.1) is 12.8 Å². The molecule has 0 aromatic heterocycles. The lowest BCUT2D eigenvalue weighted by Crippen LogP contribution is -2.46. The average molecular weight is 433 g/mol.